The number of amides is 1. The van der Waals surface area contributed by atoms with E-state index in [1.54, 1.807) is 0 Å². The van der Waals surface area contributed by atoms with E-state index in [1.165, 1.54) is 5.56 Å². The van der Waals surface area contributed by atoms with Gasteiger partial charge >= 0.3 is 0 Å². The van der Waals surface area contributed by atoms with Gasteiger partial charge in [-0.25, -0.2) is 0 Å². The molecule has 30 heavy (non-hydrogen) atoms. The van der Waals surface area contributed by atoms with E-state index in [4.69, 9.17) is 16.3 Å². The van der Waals surface area contributed by atoms with E-state index in [9.17, 15) is 4.79 Å². The maximum atomic E-state index is 12.6. The van der Waals surface area contributed by atoms with Gasteiger partial charge < -0.3 is 9.64 Å². The van der Waals surface area contributed by atoms with Crippen LogP contribution in [-0.4, -0.2) is 40.7 Å². The average Bonchev–Trinajstić information content (AvgIpc) is 3.44. The van der Waals surface area contributed by atoms with Crippen molar-refractivity contribution in [3.8, 4) is 5.75 Å². The zero-order valence-corrected chi connectivity index (χ0v) is 17.6. The molecule has 3 aromatic rings. The van der Waals surface area contributed by atoms with E-state index < -0.39 is 0 Å². The fourth-order valence-corrected chi connectivity index (χ4v) is 4.02. The van der Waals surface area contributed by atoms with Gasteiger partial charge in [0.05, 0.1) is 17.3 Å². The molecule has 4 rings (SSSR count). The third-order valence-corrected chi connectivity index (χ3v) is 5.86. The molecule has 156 valence electrons. The van der Waals surface area contributed by atoms with Gasteiger partial charge in [-0.05, 0) is 36.6 Å². The minimum Gasteiger partial charge on any atom is -0.492 e. The Morgan fingerprint density at radius 3 is 2.77 bits per heavy atom. The number of carbonyl (C=O) groups is 1. The first kappa shape index (κ1) is 20.5. The van der Waals surface area contributed by atoms with Crippen LogP contribution in [0.2, 0.25) is 5.02 Å². The highest BCUT2D eigenvalue weighted by atomic mass is 35.5. The number of carbonyl (C=O) groups excluding carboxylic acids is 1. The van der Waals surface area contributed by atoms with Crippen molar-refractivity contribution in [2.75, 3.05) is 19.7 Å². The van der Waals surface area contributed by atoms with Crippen LogP contribution in [0.3, 0.4) is 0 Å². The Morgan fingerprint density at radius 1 is 1.13 bits per heavy atom. The average molecular weight is 424 g/mol. The molecule has 1 unspecified atom stereocenters. The van der Waals surface area contributed by atoms with Gasteiger partial charge in [0, 0.05) is 37.5 Å². The molecule has 0 bridgehead atoms. The summed E-state index contributed by atoms with van der Waals surface area (Å²) < 4.78 is 5.75. The van der Waals surface area contributed by atoms with E-state index in [1.807, 2.05) is 47.4 Å². The molecular formula is C24H26ClN3O2. The summed E-state index contributed by atoms with van der Waals surface area (Å²) in [5.74, 6) is 1.21. The molecule has 2 aromatic carbocycles. The van der Waals surface area contributed by atoms with Crippen LogP contribution in [0.25, 0.3) is 0 Å². The zero-order valence-electron chi connectivity index (χ0n) is 16.9. The first-order valence-electron chi connectivity index (χ1n) is 10.4. The molecular weight excluding hydrogens is 398 g/mol. The summed E-state index contributed by atoms with van der Waals surface area (Å²) in [4.78, 5) is 14.5. The standard InChI is InChI=1S/C24H26ClN3O2/c25-21-8-4-5-9-23(21)30-15-13-20-16-22(27-26-20)19-12-14-28(17-19)24(29)11-10-18-6-2-1-3-7-18/h1-9,16,19H,10-15,17H2,(H,26,27). The third kappa shape index (κ3) is 5.22. The smallest absolute Gasteiger partial charge is 0.222 e. The summed E-state index contributed by atoms with van der Waals surface area (Å²) in [6.07, 6.45) is 3.03. The van der Waals surface area contributed by atoms with Crippen molar-refractivity contribution >= 4 is 17.5 Å². The molecule has 0 saturated carbocycles. The van der Waals surface area contributed by atoms with Crippen molar-refractivity contribution in [1.82, 2.24) is 15.1 Å². The second-order valence-corrected chi connectivity index (χ2v) is 8.07. The summed E-state index contributed by atoms with van der Waals surface area (Å²) in [6.45, 7) is 2.07. The molecule has 6 heteroatoms. The van der Waals surface area contributed by atoms with E-state index >= 15 is 0 Å². The normalized spacial score (nSPS) is 16.0. The molecule has 1 aliphatic rings. The number of H-pyrrole nitrogens is 1. The second kappa shape index (κ2) is 9.81. The summed E-state index contributed by atoms with van der Waals surface area (Å²) in [5, 5.41) is 8.21. The predicted octanol–water partition coefficient (Wildman–Crippen LogP) is 4.63. The van der Waals surface area contributed by atoms with E-state index in [-0.39, 0.29) is 5.91 Å². The van der Waals surface area contributed by atoms with E-state index in [0.717, 1.165) is 43.7 Å². The number of ether oxygens (including phenoxy) is 1. The maximum Gasteiger partial charge on any atom is 0.222 e. The maximum absolute atomic E-state index is 12.6. The minimum atomic E-state index is 0.227. The molecule has 1 atom stereocenters. The summed E-state index contributed by atoms with van der Waals surface area (Å²) in [5.41, 5.74) is 3.27. The Labute approximate surface area is 182 Å². The number of benzene rings is 2. The van der Waals surface area contributed by atoms with Crippen LogP contribution in [0.1, 0.15) is 35.7 Å². The van der Waals surface area contributed by atoms with Gasteiger partial charge in [-0.15, -0.1) is 0 Å². The fourth-order valence-electron chi connectivity index (χ4n) is 3.83. The monoisotopic (exact) mass is 423 g/mol. The number of para-hydroxylation sites is 1. The molecule has 1 fully saturated rings. The number of aromatic amines is 1. The lowest BCUT2D eigenvalue weighted by molar-refractivity contribution is -0.130. The van der Waals surface area contributed by atoms with Crippen molar-refractivity contribution in [3.63, 3.8) is 0 Å². The highest BCUT2D eigenvalue weighted by Crippen LogP contribution is 2.27. The van der Waals surface area contributed by atoms with Crippen molar-refractivity contribution in [2.45, 2.75) is 31.6 Å². The Bertz CT molecular complexity index is 973. The number of likely N-dealkylation sites (tertiary alicyclic amines) is 1. The Kier molecular flexibility index (Phi) is 6.70. The lowest BCUT2D eigenvalue weighted by atomic mass is 10.0. The molecule has 0 aliphatic carbocycles. The van der Waals surface area contributed by atoms with Crippen LogP contribution >= 0.6 is 11.6 Å². The van der Waals surface area contributed by atoms with Crippen LogP contribution in [0.15, 0.2) is 60.7 Å². The van der Waals surface area contributed by atoms with Gasteiger partial charge in [0.15, 0.2) is 0 Å². The van der Waals surface area contributed by atoms with Gasteiger partial charge in [-0.1, -0.05) is 54.1 Å². The molecule has 1 amide bonds. The van der Waals surface area contributed by atoms with Gasteiger partial charge in [0.1, 0.15) is 5.75 Å². The van der Waals surface area contributed by atoms with Gasteiger partial charge in [0.2, 0.25) is 5.91 Å². The van der Waals surface area contributed by atoms with Crippen LogP contribution in [-0.2, 0) is 17.6 Å². The molecule has 0 radical (unpaired) electrons. The van der Waals surface area contributed by atoms with Crippen molar-refractivity contribution in [1.29, 1.82) is 0 Å². The van der Waals surface area contributed by atoms with Crippen LogP contribution in [0.4, 0.5) is 0 Å². The van der Waals surface area contributed by atoms with Crippen LogP contribution < -0.4 is 4.74 Å². The van der Waals surface area contributed by atoms with E-state index in [2.05, 4.69) is 28.4 Å². The lowest BCUT2D eigenvalue weighted by Crippen LogP contribution is -2.28. The Morgan fingerprint density at radius 2 is 1.93 bits per heavy atom. The first-order chi connectivity index (χ1) is 14.7. The van der Waals surface area contributed by atoms with Crippen LogP contribution in [0, 0.1) is 0 Å². The summed E-state index contributed by atoms with van der Waals surface area (Å²) >= 11 is 6.12. The second-order valence-electron chi connectivity index (χ2n) is 7.66. The highest BCUT2D eigenvalue weighted by molar-refractivity contribution is 6.32. The number of nitrogens with zero attached hydrogens (tertiary/aromatic N) is 2. The van der Waals surface area contributed by atoms with Crippen molar-refractivity contribution in [3.05, 3.63) is 82.6 Å². The molecule has 1 N–H and O–H groups in total. The number of hydrogen-bond acceptors (Lipinski definition) is 3. The fraction of sp³-hybridized carbons (Fsp3) is 0.333. The first-order valence-corrected chi connectivity index (χ1v) is 10.8. The van der Waals surface area contributed by atoms with Gasteiger partial charge in [-0.2, -0.15) is 5.10 Å². The molecule has 5 nitrogen and oxygen atoms in total. The number of aromatic nitrogens is 2. The molecule has 1 aliphatic heterocycles. The Balaban J connectivity index is 1.24. The number of rotatable bonds is 8. The molecule has 0 spiro atoms. The molecule has 1 saturated heterocycles. The topological polar surface area (TPSA) is 58.2 Å². The predicted molar refractivity (Wildman–Crippen MR) is 118 cm³/mol. The van der Waals surface area contributed by atoms with Crippen molar-refractivity contribution in [2.24, 2.45) is 0 Å². The van der Waals surface area contributed by atoms with Gasteiger partial charge in [-0.3, -0.25) is 9.89 Å². The summed E-state index contributed by atoms with van der Waals surface area (Å²) in [6, 6.07) is 19.7. The largest absolute Gasteiger partial charge is 0.492 e. The molecule has 2 heterocycles. The number of nitrogens with one attached hydrogen (secondary N) is 1. The SMILES string of the molecule is O=C(CCc1ccccc1)N1CCC(c2cc(CCOc3ccccc3Cl)[nH]n2)C1. The Hall–Kier alpha value is -2.79. The number of hydrogen-bond donors (Lipinski definition) is 1. The quantitative estimate of drug-likeness (QED) is 0.574. The number of aryl methyl sites for hydroxylation is 1. The lowest BCUT2D eigenvalue weighted by Gasteiger charge is -2.16. The number of halogens is 1. The van der Waals surface area contributed by atoms with E-state index in [0.29, 0.717) is 29.7 Å². The van der Waals surface area contributed by atoms with Crippen molar-refractivity contribution < 1.29 is 9.53 Å². The van der Waals surface area contributed by atoms with Gasteiger partial charge in [0.25, 0.3) is 0 Å². The van der Waals surface area contributed by atoms with Crippen LogP contribution in [0.5, 0.6) is 5.75 Å². The minimum absolute atomic E-state index is 0.227. The third-order valence-electron chi connectivity index (χ3n) is 5.55. The summed E-state index contributed by atoms with van der Waals surface area (Å²) in [7, 11) is 0. The highest BCUT2D eigenvalue weighted by Gasteiger charge is 2.28. The zero-order chi connectivity index (χ0) is 20.8. The molecule has 1 aromatic heterocycles.